The molecule has 6 rings (SSSR count). The molecule has 1 aliphatic carbocycles. The number of aryl methyl sites for hydroxylation is 1. The molecule has 0 unspecified atom stereocenters. The van der Waals surface area contributed by atoms with Crippen molar-refractivity contribution < 1.29 is 8.42 Å². The van der Waals surface area contributed by atoms with Gasteiger partial charge in [-0.1, -0.05) is 42.4 Å². The third kappa shape index (κ3) is 3.71. The molecule has 4 aromatic heterocycles. The monoisotopic (exact) mass is 522 g/mol. The van der Waals surface area contributed by atoms with Gasteiger partial charge in [0.05, 0.1) is 22.8 Å². The number of nitrogens with two attached hydrogens (primary N) is 1. The standard InChI is InChI=1S/C24H26N8O2S2/c1-3-15-10-16(28-24-27-12-20(25)35-24)11-18(15)22-30-29-21-13-26-23-19(32(21)22)8-9-31(23)36(33,34)17-6-4-14(2)5-7-17/h4-9,12-13,15-16,18H,3,10-11,25H2,1-2H3,(H,27,28)/t15-,16+,18+/m1/s1. The van der Waals surface area contributed by atoms with Crippen molar-refractivity contribution in [1.29, 1.82) is 0 Å². The quantitative estimate of drug-likeness (QED) is 0.341. The number of nitrogen functional groups attached to an aromatic ring is 1. The summed E-state index contributed by atoms with van der Waals surface area (Å²) in [4.78, 5) is 9.02. The van der Waals surface area contributed by atoms with Crippen LogP contribution in [0.3, 0.4) is 0 Å². The van der Waals surface area contributed by atoms with Gasteiger partial charge in [0.1, 0.15) is 10.8 Å². The van der Waals surface area contributed by atoms with Crippen LogP contribution in [0.1, 0.15) is 43.5 Å². The highest BCUT2D eigenvalue weighted by Crippen LogP contribution is 2.43. The first-order valence-electron chi connectivity index (χ1n) is 11.9. The fraction of sp³-hybridized carbons (Fsp3) is 0.333. The summed E-state index contributed by atoms with van der Waals surface area (Å²) in [5, 5.41) is 14.0. The molecule has 186 valence electrons. The largest absolute Gasteiger partial charge is 0.389 e. The SMILES string of the molecule is CC[C@@H]1C[C@H](Nc2ncc(N)s2)C[C@@H]1c1nnc2cnc3c(ccn3S(=O)(=O)c3ccc(C)cc3)n12. The van der Waals surface area contributed by atoms with Crippen molar-refractivity contribution in [2.75, 3.05) is 11.1 Å². The number of hydrogen-bond acceptors (Lipinski definition) is 9. The Morgan fingerprint density at radius 3 is 2.64 bits per heavy atom. The van der Waals surface area contributed by atoms with Crippen LogP contribution in [0.2, 0.25) is 0 Å². The fourth-order valence-corrected chi connectivity index (χ4v) is 7.20. The Morgan fingerprint density at radius 1 is 1.11 bits per heavy atom. The first kappa shape index (κ1) is 22.9. The molecule has 0 radical (unpaired) electrons. The molecule has 36 heavy (non-hydrogen) atoms. The number of rotatable bonds is 6. The summed E-state index contributed by atoms with van der Waals surface area (Å²) in [7, 11) is -3.81. The molecule has 5 aromatic rings. The lowest BCUT2D eigenvalue weighted by Crippen LogP contribution is -2.15. The second-order valence-electron chi connectivity index (χ2n) is 9.30. The van der Waals surface area contributed by atoms with E-state index in [0.717, 1.165) is 35.8 Å². The Bertz CT molecular complexity index is 1670. The summed E-state index contributed by atoms with van der Waals surface area (Å²) in [6.07, 6.45) is 7.65. The maximum absolute atomic E-state index is 13.4. The smallest absolute Gasteiger partial charge is 0.269 e. The van der Waals surface area contributed by atoms with Crippen LogP contribution in [0.15, 0.2) is 53.8 Å². The average Bonchev–Trinajstić information content (AvgIpc) is 3.64. The summed E-state index contributed by atoms with van der Waals surface area (Å²) in [5.74, 6) is 1.38. The summed E-state index contributed by atoms with van der Waals surface area (Å²) in [6.45, 7) is 4.11. The van der Waals surface area contributed by atoms with Gasteiger partial charge in [0.25, 0.3) is 10.0 Å². The van der Waals surface area contributed by atoms with Gasteiger partial charge in [-0.25, -0.2) is 22.4 Å². The predicted molar refractivity (Wildman–Crippen MR) is 140 cm³/mol. The second kappa shape index (κ2) is 8.56. The molecule has 3 N–H and O–H groups in total. The van der Waals surface area contributed by atoms with E-state index in [2.05, 4.69) is 32.4 Å². The van der Waals surface area contributed by atoms with Crippen LogP contribution >= 0.6 is 11.3 Å². The first-order chi connectivity index (χ1) is 17.3. The molecule has 1 aliphatic rings. The molecule has 4 heterocycles. The normalized spacial score (nSPS) is 20.4. The molecule has 12 heteroatoms. The Hall–Kier alpha value is -3.51. The van der Waals surface area contributed by atoms with Gasteiger partial charge in [-0.2, -0.15) is 0 Å². The molecule has 3 atom stereocenters. The molecule has 10 nitrogen and oxygen atoms in total. The van der Waals surface area contributed by atoms with Gasteiger partial charge in [-0.05, 0) is 43.9 Å². The topological polar surface area (TPSA) is 133 Å². The van der Waals surface area contributed by atoms with Crippen LogP contribution < -0.4 is 11.1 Å². The molecular weight excluding hydrogens is 496 g/mol. The van der Waals surface area contributed by atoms with Crippen LogP contribution in [0.4, 0.5) is 10.1 Å². The molecule has 1 fully saturated rings. The minimum Gasteiger partial charge on any atom is -0.389 e. The van der Waals surface area contributed by atoms with Crippen LogP contribution in [0.5, 0.6) is 0 Å². The van der Waals surface area contributed by atoms with E-state index in [-0.39, 0.29) is 16.9 Å². The van der Waals surface area contributed by atoms with Gasteiger partial charge >= 0.3 is 0 Å². The molecular formula is C24H26N8O2S2. The van der Waals surface area contributed by atoms with Crippen LogP contribution in [-0.4, -0.2) is 43.0 Å². The Balaban J connectivity index is 1.40. The Morgan fingerprint density at radius 2 is 1.92 bits per heavy atom. The highest BCUT2D eigenvalue weighted by molar-refractivity contribution is 7.90. The maximum atomic E-state index is 13.4. The van der Waals surface area contributed by atoms with Crippen molar-refractivity contribution in [3.05, 3.63) is 60.3 Å². The average molecular weight is 523 g/mol. The lowest BCUT2D eigenvalue weighted by molar-refractivity contribution is 0.451. The molecule has 0 bridgehead atoms. The Kier molecular flexibility index (Phi) is 5.45. The van der Waals surface area contributed by atoms with Crippen molar-refractivity contribution in [3.63, 3.8) is 0 Å². The zero-order valence-corrected chi connectivity index (χ0v) is 21.5. The van der Waals surface area contributed by atoms with Crippen LogP contribution in [0.25, 0.3) is 16.8 Å². The van der Waals surface area contributed by atoms with Crippen LogP contribution in [-0.2, 0) is 10.0 Å². The van der Waals surface area contributed by atoms with Gasteiger partial charge < -0.3 is 11.1 Å². The molecule has 0 amide bonds. The van der Waals surface area contributed by atoms with Crippen molar-refractivity contribution in [2.45, 2.75) is 50.0 Å². The molecule has 0 aliphatic heterocycles. The van der Waals surface area contributed by atoms with Gasteiger partial charge in [0.2, 0.25) is 0 Å². The number of nitrogens with one attached hydrogen (secondary N) is 1. The fourth-order valence-electron chi connectivity index (χ4n) is 5.25. The minimum absolute atomic E-state index is 0.155. The lowest BCUT2D eigenvalue weighted by Gasteiger charge is -2.16. The summed E-state index contributed by atoms with van der Waals surface area (Å²) in [5.41, 5.74) is 8.46. The zero-order valence-electron chi connectivity index (χ0n) is 19.9. The Labute approximate surface area is 212 Å². The molecule has 1 saturated carbocycles. The number of hydrogen-bond donors (Lipinski definition) is 2. The number of nitrogens with zero attached hydrogens (tertiary/aromatic N) is 6. The van der Waals surface area contributed by atoms with Crippen molar-refractivity contribution in [2.24, 2.45) is 5.92 Å². The summed E-state index contributed by atoms with van der Waals surface area (Å²) in [6, 6.07) is 8.83. The van der Waals surface area contributed by atoms with E-state index in [1.807, 2.05) is 11.3 Å². The maximum Gasteiger partial charge on any atom is 0.269 e. The number of benzene rings is 1. The van der Waals surface area contributed by atoms with E-state index in [9.17, 15) is 8.42 Å². The number of aromatic nitrogens is 6. The van der Waals surface area contributed by atoms with Crippen molar-refractivity contribution >= 4 is 48.3 Å². The van der Waals surface area contributed by atoms with E-state index < -0.39 is 10.0 Å². The van der Waals surface area contributed by atoms with Crippen molar-refractivity contribution in [1.82, 2.24) is 28.5 Å². The van der Waals surface area contributed by atoms with E-state index >= 15 is 0 Å². The van der Waals surface area contributed by atoms with Gasteiger partial charge in [0, 0.05) is 18.2 Å². The van der Waals surface area contributed by atoms with Crippen molar-refractivity contribution in [3.8, 4) is 0 Å². The third-order valence-electron chi connectivity index (χ3n) is 7.04. The van der Waals surface area contributed by atoms with Gasteiger partial charge in [0.15, 0.2) is 16.4 Å². The first-order valence-corrected chi connectivity index (χ1v) is 14.1. The van der Waals surface area contributed by atoms with Crippen LogP contribution in [0, 0.1) is 12.8 Å². The third-order valence-corrected chi connectivity index (χ3v) is 9.48. The predicted octanol–water partition coefficient (Wildman–Crippen LogP) is 4.05. The number of fused-ring (bicyclic) bond motifs is 3. The van der Waals surface area contributed by atoms with Gasteiger partial charge in [-0.3, -0.25) is 4.40 Å². The zero-order chi connectivity index (χ0) is 25.0. The van der Waals surface area contributed by atoms with E-state index in [0.29, 0.717) is 27.7 Å². The lowest BCUT2D eigenvalue weighted by atomic mass is 9.93. The molecule has 0 saturated heterocycles. The summed E-state index contributed by atoms with van der Waals surface area (Å²) >= 11 is 1.44. The number of thiazole rings is 1. The second-order valence-corrected chi connectivity index (χ2v) is 12.2. The highest BCUT2D eigenvalue weighted by atomic mass is 32.2. The molecule has 0 spiro atoms. The van der Waals surface area contributed by atoms with E-state index in [4.69, 9.17) is 5.73 Å². The van der Waals surface area contributed by atoms with E-state index in [1.54, 1.807) is 48.9 Å². The molecule has 1 aromatic carbocycles. The van der Waals surface area contributed by atoms with Gasteiger partial charge in [-0.15, -0.1) is 10.2 Å². The van der Waals surface area contributed by atoms with E-state index in [1.165, 1.54) is 15.3 Å². The summed E-state index contributed by atoms with van der Waals surface area (Å²) < 4.78 is 30.0. The minimum atomic E-state index is -3.81. The number of anilines is 2. The highest BCUT2D eigenvalue weighted by Gasteiger charge is 2.37.